The normalized spacial score (nSPS) is 37.0. The highest BCUT2D eigenvalue weighted by atomic mass is 32.3. The van der Waals surface area contributed by atoms with Gasteiger partial charge in [-0.15, -0.1) is 10.8 Å². The molecule has 0 spiro atoms. The molecule has 25 heavy (non-hydrogen) atoms. The van der Waals surface area contributed by atoms with Crippen LogP contribution in [0.5, 0.6) is 0 Å². The molecule has 10 heteroatoms. The summed E-state index contributed by atoms with van der Waals surface area (Å²) in [5.74, 6) is -0.261. The SMILES string of the molecule is N#Cc1ccc(N2C[C@@H]3[C@@H]([C@@H]4O[C@H]3C[C@H]4O)S2(O)O)cc1C(F)(F)F. The number of rotatable bonds is 1. The first-order valence-electron chi connectivity index (χ1n) is 7.64. The lowest BCUT2D eigenvalue weighted by molar-refractivity contribution is -0.137. The van der Waals surface area contributed by atoms with Crippen molar-refractivity contribution in [3.63, 3.8) is 0 Å². The summed E-state index contributed by atoms with van der Waals surface area (Å²) >= 11 is 0. The quantitative estimate of drug-likeness (QED) is 0.697. The lowest BCUT2D eigenvalue weighted by Crippen LogP contribution is -2.40. The van der Waals surface area contributed by atoms with E-state index in [0.717, 1.165) is 12.1 Å². The zero-order chi connectivity index (χ0) is 18.1. The summed E-state index contributed by atoms with van der Waals surface area (Å²) in [7, 11) is -3.47. The van der Waals surface area contributed by atoms with Gasteiger partial charge in [-0.05, 0) is 18.2 Å². The maximum atomic E-state index is 13.2. The fourth-order valence-corrected chi connectivity index (χ4v) is 6.56. The summed E-state index contributed by atoms with van der Waals surface area (Å²) in [6.07, 6.45) is -6.19. The van der Waals surface area contributed by atoms with E-state index in [9.17, 15) is 27.4 Å². The highest BCUT2D eigenvalue weighted by Gasteiger charge is 2.64. The predicted molar refractivity (Wildman–Crippen MR) is 82.9 cm³/mol. The molecule has 0 amide bonds. The first-order chi connectivity index (χ1) is 11.6. The van der Waals surface area contributed by atoms with Gasteiger partial charge in [0.15, 0.2) is 0 Å². The number of hydrogen-bond acceptors (Lipinski definition) is 6. The molecule has 0 unspecified atom stereocenters. The van der Waals surface area contributed by atoms with E-state index < -0.39 is 45.5 Å². The molecule has 0 aliphatic carbocycles. The Morgan fingerprint density at radius 1 is 1.32 bits per heavy atom. The molecule has 5 atom stereocenters. The van der Waals surface area contributed by atoms with Crippen LogP contribution < -0.4 is 4.31 Å². The lowest BCUT2D eigenvalue weighted by Gasteiger charge is -2.44. The van der Waals surface area contributed by atoms with Crippen LogP contribution in [0, 0.1) is 17.2 Å². The van der Waals surface area contributed by atoms with Gasteiger partial charge in [0.05, 0.1) is 35.1 Å². The fraction of sp³-hybridized carbons (Fsp3) is 0.533. The van der Waals surface area contributed by atoms with Gasteiger partial charge in [-0.2, -0.15) is 18.4 Å². The first-order valence-corrected chi connectivity index (χ1v) is 9.21. The van der Waals surface area contributed by atoms with Crippen LogP contribution in [0.1, 0.15) is 17.5 Å². The Bertz CT molecular complexity index is 766. The molecule has 1 aromatic carbocycles. The predicted octanol–water partition coefficient (Wildman–Crippen LogP) is 2.58. The van der Waals surface area contributed by atoms with E-state index in [2.05, 4.69) is 0 Å². The Kier molecular flexibility index (Phi) is 3.55. The average molecular weight is 376 g/mol. The van der Waals surface area contributed by atoms with Crippen molar-refractivity contribution in [3.05, 3.63) is 29.3 Å². The third-order valence-corrected chi connectivity index (χ3v) is 7.55. The zero-order valence-electron chi connectivity index (χ0n) is 12.7. The smallest absolute Gasteiger partial charge is 0.390 e. The maximum absolute atomic E-state index is 13.2. The molecule has 6 nitrogen and oxygen atoms in total. The third kappa shape index (κ3) is 2.34. The summed E-state index contributed by atoms with van der Waals surface area (Å²) in [4.78, 5) is 0. The molecule has 0 saturated carbocycles. The number of nitrogens with zero attached hydrogens (tertiary/aromatic N) is 2. The fourth-order valence-electron chi connectivity index (χ4n) is 4.11. The molecule has 3 fully saturated rings. The first kappa shape index (κ1) is 16.9. The zero-order valence-corrected chi connectivity index (χ0v) is 13.5. The van der Waals surface area contributed by atoms with E-state index in [1.165, 1.54) is 16.4 Å². The van der Waals surface area contributed by atoms with Gasteiger partial charge in [0.1, 0.15) is 11.4 Å². The second-order valence-corrected chi connectivity index (χ2v) is 8.64. The summed E-state index contributed by atoms with van der Waals surface area (Å²) in [5.41, 5.74) is -1.64. The molecule has 3 N–H and O–H groups in total. The van der Waals surface area contributed by atoms with Crippen molar-refractivity contribution in [1.82, 2.24) is 0 Å². The second kappa shape index (κ2) is 5.25. The number of alkyl halides is 3. The monoisotopic (exact) mass is 376 g/mol. The lowest BCUT2D eigenvalue weighted by atomic mass is 9.87. The van der Waals surface area contributed by atoms with Gasteiger partial charge in [-0.3, -0.25) is 13.4 Å². The highest BCUT2D eigenvalue weighted by molar-refractivity contribution is 8.26. The molecular weight excluding hydrogens is 361 g/mol. The molecule has 1 aromatic rings. The van der Waals surface area contributed by atoms with Crippen molar-refractivity contribution < 1.29 is 32.1 Å². The van der Waals surface area contributed by atoms with Crippen LogP contribution >= 0.6 is 10.8 Å². The van der Waals surface area contributed by atoms with E-state index >= 15 is 0 Å². The number of aliphatic hydroxyl groups excluding tert-OH is 1. The third-order valence-electron chi connectivity index (χ3n) is 5.19. The Morgan fingerprint density at radius 2 is 2.04 bits per heavy atom. The van der Waals surface area contributed by atoms with Gasteiger partial charge in [0, 0.05) is 18.9 Å². The van der Waals surface area contributed by atoms with Crippen molar-refractivity contribution in [3.8, 4) is 6.07 Å². The van der Waals surface area contributed by atoms with Crippen molar-refractivity contribution in [2.75, 3.05) is 10.8 Å². The van der Waals surface area contributed by atoms with Crippen LogP contribution in [0.15, 0.2) is 18.2 Å². The highest BCUT2D eigenvalue weighted by Crippen LogP contribution is 2.65. The molecule has 136 valence electrons. The molecule has 3 aliphatic heterocycles. The molecule has 0 radical (unpaired) electrons. The van der Waals surface area contributed by atoms with Crippen LogP contribution in [0.25, 0.3) is 0 Å². The maximum Gasteiger partial charge on any atom is 0.417 e. The second-order valence-electron chi connectivity index (χ2n) is 6.53. The molecule has 3 heterocycles. The summed E-state index contributed by atoms with van der Waals surface area (Å²) < 4.78 is 67.6. The summed E-state index contributed by atoms with van der Waals surface area (Å²) in [5, 5.41) is 18.1. The van der Waals surface area contributed by atoms with Gasteiger partial charge >= 0.3 is 6.18 Å². The standard InChI is InChI=1S/C15H15F3N2O4S/c16-15(17,18)10-3-8(2-1-7(10)5-19)20-6-9-12-4-11(21)13(24-12)14(9)25(20,22)23/h1-3,9,11-14,21-23H,4,6H2/t9-,11+,12-,13+,14-/m0/s1. The minimum atomic E-state index is -4.72. The molecule has 0 aromatic heterocycles. The van der Waals surface area contributed by atoms with Crippen LogP contribution in [0.2, 0.25) is 0 Å². The van der Waals surface area contributed by atoms with Crippen molar-refractivity contribution in [2.45, 2.75) is 36.2 Å². The van der Waals surface area contributed by atoms with Crippen LogP contribution in [-0.4, -0.2) is 44.3 Å². The van der Waals surface area contributed by atoms with Crippen molar-refractivity contribution in [1.29, 1.82) is 5.26 Å². The van der Waals surface area contributed by atoms with E-state index in [-0.39, 0.29) is 24.3 Å². The van der Waals surface area contributed by atoms with E-state index in [0.29, 0.717) is 6.42 Å². The molecule has 4 rings (SSSR count). The number of benzene rings is 1. The Hall–Kier alpha value is -1.51. The van der Waals surface area contributed by atoms with Crippen LogP contribution in [-0.2, 0) is 10.9 Å². The number of fused-ring (bicyclic) bond motifs is 5. The number of aliphatic hydroxyl groups is 1. The average Bonchev–Trinajstić information content (AvgIpc) is 3.15. The minimum absolute atomic E-state index is 0.00499. The summed E-state index contributed by atoms with van der Waals surface area (Å²) in [6, 6.07) is 4.58. The van der Waals surface area contributed by atoms with E-state index in [1.54, 1.807) is 0 Å². The van der Waals surface area contributed by atoms with Gasteiger partial charge in [0.25, 0.3) is 0 Å². The van der Waals surface area contributed by atoms with E-state index in [4.69, 9.17) is 10.00 Å². The van der Waals surface area contributed by atoms with E-state index in [1.807, 2.05) is 0 Å². The largest absolute Gasteiger partial charge is 0.417 e. The Morgan fingerprint density at radius 3 is 2.68 bits per heavy atom. The van der Waals surface area contributed by atoms with Gasteiger partial charge < -0.3 is 9.84 Å². The van der Waals surface area contributed by atoms with Gasteiger partial charge in [-0.25, -0.2) is 0 Å². The number of halogens is 3. The molecular formula is C15H15F3N2O4S. The summed E-state index contributed by atoms with van der Waals surface area (Å²) in [6.45, 7) is 0.129. The Balaban J connectivity index is 1.73. The number of hydrogen-bond donors (Lipinski definition) is 3. The number of nitriles is 1. The van der Waals surface area contributed by atoms with Crippen molar-refractivity contribution in [2.24, 2.45) is 5.92 Å². The van der Waals surface area contributed by atoms with Crippen LogP contribution in [0.3, 0.4) is 0 Å². The van der Waals surface area contributed by atoms with Gasteiger partial charge in [0.2, 0.25) is 0 Å². The number of ether oxygens (including phenoxy) is 1. The number of anilines is 1. The van der Waals surface area contributed by atoms with Gasteiger partial charge in [-0.1, -0.05) is 0 Å². The Labute approximate surface area is 142 Å². The topological polar surface area (TPSA) is 97.0 Å². The molecule has 3 aliphatic rings. The van der Waals surface area contributed by atoms with Crippen molar-refractivity contribution >= 4 is 16.5 Å². The van der Waals surface area contributed by atoms with Crippen LogP contribution in [0.4, 0.5) is 18.9 Å². The minimum Gasteiger partial charge on any atom is -0.390 e. The molecule has 3 saturated heterocycles. The molecule has 2 bridgehead atoms.